The molecule has 1 aromatic carbocycles. The lowest BCUT2D eigenvalue weighted by molar-refractivity contribution is 0.363. The molecular formula is C20H33N. The number of hydrogen-bond donors (Lipinski definition) is 1. The number of allylic oxidation sites excluding steroid dienone is 1. The van der Waals surface area contributed by atoms with Crippen LogP contribution in [0.3, 0.4) is 0 Å². The van der Waals surface area contributed by atoms with E-state index in [4.69, 9.17) is 5.73 Å². The van der Waals surface area contributed by atoms with E-state index in [0.29, 0.717) is 11.8 Å². The Balaban J connectivity index is 3.33. The molecule has 118 valence electrons. The summed E-state index contributed by atoms with van der Waals surface area (Å²) >= 11 is 0. The second-order valence-electron chi connectivity index (χ2n) is 7.13. The molecule has 0 aliphatic rings. The molecule has 0 fully saturated rings. The Kier molecular flexibility index (Phi) is 6.67. The molecular weight excluding hydrogens is 254 g/mol. The maximum absolute atomic E-state index is 6.31. The van der Waals surface area contributed by atoms with E-state index in [2.05, 4.69) is 71.9 Å². The summed E-state index contributed by atoms with van der Waals surface area (Å²) in [5.74, 6) is 1.10. The first-order chi connectivity index (χ1) is 9.80. The third-order valence-corrected chi connectivity index (χ3v) is 4.08. The fourth-order valence-electron chi connectivity index (χ4n) is 2.98. The van der Waals surface area contributed by atoms with E-state index in [9.17, 15) is 0 Å². The van der Waals surface area contributed by atoms with Crippen LogP contribution in [-0.2, 0) is 6.42 Å². The van der Waals surface area contributed by atoms with Gasteiger partial charge in [0.05, 0.1) is 0 Å². The average Bonchev–Trinajstić information content (AvgIpc) is 2.41. The van der Waals surface area contributed by atoms with E-state index in [1.54, 1.807) is 0 Å². The van der Waals surface area contributed by atoms with Crippen LogP contribution in [-0.4, -0.2) is 5.54 Å². The Hall–Kier alpha value is -1.08. The maximum atomic E-state index is 6.31. The van der Waals surface area contributed by atoms with Gasteiger partial charge in [-0.3, -0.25) is 0 Å². The van der Waals surface area contributed by atoms with Crippen molar-refractivity contribution in [1.29, 1.82) is 0 Å². The number of benzene rings is 1. The predicted octanol–water partition coefficient (Wildman–Crippen LogP) is 5.54. The highest BCUT2D eigenvalue weighted by Gasteiger charge is 2.25. The second kappa shape index (κ2) is 7.79. The summed E-state index contributed by atoms with van der Waals surface area (Å²) in [7, 11) is 0. The molecule has 0 spiro atoms. The molecule has 0 saturated carbocycles. The summed E-state index contributed by atoms with van der Waals surface area (Å²) in [5.41, 5.74) is 10.5. The molecule has 0 aromatic heterocycles. The third-order valence-electron chi connectivity index (χ3n) is 4.08. The fraction of sp³-hybridized carbons (Fsp3) is 0.600. The van der Waals surface area contributed by atoms with Gasteiger partial charge in [-0.1, -0.05) is 58.0 Å². The van der Waals surface area contributed by atoms with Crippen molar-refractivity contribution < 1.29 is 0 Å². The number of aryl methyl sites for hydroxylation is 1. The lowest BCUT2D eigenvalue weighted by Crippen LogP contribution is -2.35. The lowest BCUT2D eigenvalue weighted by Gasteiger charge is -2.31. The molecule has 0 heterocycles. The SMILES string of the molecule is CCC=Cc1c(CC)cccc1C(CC(C)(C)N)C(C)C. The van der Waals surface area contributed by atoms with Crippen molar-refractivity contribution in [3.8, 4) is 0 Å². The van der Waals surface area contributed by atoms with Crippen LogP contribution in [0, 0.1) is 5.92 Å². The topological polar surface area (TPSA) is 26.0 Å². The molecule has 1 unspecified atom stereocenters. The van der Waals surface area contributed by atoms with Crippen molar-refractivity contribution in [2.24, 2.45) is 11.7 Å². The summed E-state index contributed by atoms with van der Waals surface area (Å²) in [6.07, 6.45) is 7.75. The van der Waals surface area contributed by atoms with Crippen LogP contribution in [0.4, 0.5) is 0 Å². The number of nitrogens with two attached hydrogens (primary N) is 1. The minimum atomic E-state index is -0.136. The van der Waals surface area contributed by atoms with Crippen molar-refractivity contribution in [3.63, 3.8) is 0 Å². The maximum Gasteiger partial charge on any atom is 0.0103 e. The van der Waals surface area contributed by atoms with Gasteiger partial charge in [-0.2, -0.15) is 0 Å². The van der Waals surface area contributed by atoms with Crippen LogP contribution in [0.25, 0.3) is 6.08 Å². The Bertz CT molecular complexity index is 463. The van der Waals surface area contributed by atoms with Gasteiger partial charge in [0.15, 0.2) is 0 Å². The smallest absolute Gasteiger partial charge is 0.0103 e. The quantitative estimate of drug-likeness (QED) is 0.700. The van der Waals surface area contributed by atoms with Crippen molar-refractivity contribution in [2.45, 2.75) is 72.3 Å². The van der Waals surface area contributed by atoms with Crippen LogP contribution in [0.15, 0.2) is 24.3 Å². The summed E-state index contributed by atoms with van der Waals surface area (Å²) in [6, 6.07) is 6.76. The van der Waals surface area contributed by atoms with Crippen LogP contribution < -0.4 is 5.73 Å². The zero-order chi connectivity index (χ0) is 16.0. The second-order valence-corrected chi connectivity index (χ2v) is 7.13. The Morgan fingerprint density at radius 3 is 2.33 bits per heavy atom. The third kappa shape index (κ3) is 5.32. The molecule has 0 amide bonds. The molecule has 1 nitrogen and oxygen atoms in total. The molecule has 21 heavy (non-hydrogen) atoms. The lowest BCUT2D eigenvalue weighted by atomic mass is 9.77. The zero-order valence-corrected chi connectivity index (χ0v) is 14.7. The first-order valence-electron chi connectivity index (χ1n) is 8.37. The van der Waals surface area contributed by atoms with E-state index in [-0.39, 0.29) is 5.54 Å². The highest BCUT2D eigenvalue weighted by molar-refractivity contribution is 5.59. The van der Waals surface area contributed by atoms with E-state index < -0.39 is 0 Å². The normalized spacial score (nSPS) is 14.1. The standard InChI is InChI=1S/C20H33N/c1-7-9-12-17-16(8-2)11-10-13-18(17)19(15(3)4)14-20(5,6)21/h9-13,15,19H,7-8,14,21H2,1-6H3. The van der Waals surface area contributed by atoms with Gasteiger partial charge in [-0.15, -0.1) is 0 Å². The highest BCUT2D eigenvalue weighted by atomic mass is 14.7. The van der Waals surface area contributed by atoms with Gasteiger partial charge in [0.2, 0.25) is 0 Å². The molecule has 1 rings (SSSR count). The van der Waals surface area contributed by atoms with Gasteiger partial charge >= 0.3 is 0 Å². The molecule has 0 aliphatic carbocycles. The molecule has 0 saturated heterocycles. The van der Waals surface area contributed by atoms with E-state index in [1.807, 2.05) is 0 Å². The highest BCUT2D eigenvalue weighted by Crippen LogP contribution is 2.35. The van der Waals surface area contributed by atoms with Crippen LogP contribution in [0.2, 0.25) is 0 Å². The summed E-state index contributed by atoms with van der Waals surface area (Å²) in [4.78, 5) is 0. The van der Waals surface area contributed by atoms with Crippen molar-refractivity contribution in [1.82, 2.24) is 0 Å². The van der Waals surface area contributed by atoms with Crippen molar-refractivity contribution in [3.05, 3.63) is 41.0 Å². The molecule has 2 N–H and O–H groups in total. The van der Waals surface area contributed by atoms with Gasteiger partial charge in [-0.05, 0) is 61.6 Å². The minimum Gasteiger partial charge on any atom is -0.326 e. The summed E-state index contributed by atoms with van der Waals surface area (Å²) < 4.78 is 0. The Morgan fingerprint density at radius 2 is 1.86 bits per heavy atom. The van der Waals surface area contributed by atoms with E-state index in [1.165, 1.54) is 16.7 Å². The molecule has 1 heteroatoms. The largest absolute Gasteiger partial charge is 0.326 e. The van der Waals surface area contributed by atoms with E-state index in [0.717, 1.165) is 19.3 Å². The van der Waals surface area contributed by atoms with Crippen molar-refractivity contribution in [2.75, 3.05) is 0 Å². The van der Waals surface area contributed by atoms with Gasteiger partial charge in [0.25, 0.3) is 0 Å². The van der Waals surface area contributed by atoms with Crippen LogP contribution in [0.5, 0.6) is 0 Å². The van der Waals surface area contributed by atoms with Gasteiger partial charge < -0.3 is 5.73 Å². The number of hydrogen-bond acceptors (Lipinski definition) is 1. The molecule has 1 aromatic rings. The van der Waals surface area contributed by atoms with Crippen LogP contribution >= 0.6 is 0 Å². The van der Waals surface area contributed by atoms with Gasteiger partial charge in [0, 0.05) is 5.54 Å². The first-order valence-corrected chi connectivity index (χ1v) is 8.37. The number of rotatable bonds is 7. The Labute approximate surface area is 131 Å². The monoisotopic (exact) mass is 287 g/mol. The molecule has 0 radical (unpaired) electrons. The van der Waals surface area contributed by atoms with Crippen molar-refractivity contribution >= 4 is 6.08 Å². The van der Waals surface area contributed by atoms with Gasteiger partial charge in [-0.25, -0.2) is 0 Å². The molecule has 1 atom stereocenters. The Morgan fingerprint density at radius 1 is 1.19 bits per heavy atom. The zero-order valence-electron chi connectivity index (χ0n) is 14.7. The minimum absolute atomic E-state index is 0.136. The fourth-order valence-corrected chi connectivity index (χ4v) is 2.98. The predicted molar refractivity (Wildman–Crippen MR) is 95.6 cm³/mol. The van der Waals surface area contributed by atoms with E-state index >= 15 is 0 Å². The first kappa shape index (κ1) is 18.0. The molecule has 0 aliphatic heterocycles. The van der Waals surface area contributed by atoms with Gasteiger partial charge in [0.1, 0.15) is 0 Å². The molecule has 0 bridgehead atoms. The van der Waals surface area contributed by atoms with Crippen LogP contribution in [0.1, 0.15) is 77.0 Å². The summed E-state index contributed by atoms with van der Waals surface area (Å²) in [5, 5.41) is 0. The average molecular weight is 287 g/mol. The summed E-state index contributed by atoms with van der Waals surface area (Å²) in [6.45, 7) is 13.3.